The largest absolute Gasteiger partial charge is 0.309 e. The standard InChI is InChI=1S/C17H16BrFN2O3S/c1-10-7-12-8-13(18)17(9-16(12)21(10)11(2)22)25(23,24)20-15-6-4-3-5-14(15)19/h3-6,8-10,20H,7H2,1-2H3. The molecule has 2 aromatic carbocycles. The van der Waals surface area contributed by atoms with Gasteiger partial charge in [0.2, 0.25) is 5.91 Å². The number of carbonyl (C=O) groups is 1. The van der Waals surface area contributed by atoms with Crippen LogP contribution in [0.25, 0.3) is 0 Å². The van der Waals surface area contributed by atoms with Crippen LogP contribution in [0.15, 0.2) is 45.8 Å². The summed E-state index contributed by atoms with van der Waals surface area (Å²) in [4.78, 5) is 13.4. The number of rotatable bonds is 3. The van der Waals surface area contributed by atoms with Gasteiger partial charge in [-0.3, -0.25) is 9.52 Å². The zero-order valence-corrected chi connectivity index (χ0v) is 16.0. The van der Waals surface area contributed by atoms with Crippen LogP contribution < -0.4 is 9.62 Å². The summed E-state index contributed by atoms with van der Waals surface area (Å²) >= 11 is 3.28. The molecule has 1 atom stereocenters. The Bertz CT molecular complexity index is 962. The zero-order chi connectivity index (χ0) is 18.4. The normalized spacial score (nSPS) is 16.6. The smallest absolute Gasteiger partial charge is 0.263 e. The second kappa shape index (κ2) is 6.42. The van der Waals surface area contributed by atoms with E-state index in [1.807, 2.05) is 6.92 Å². The summed E-state index contributed by atoms with van der Waals surface area (Å²) in [5.74, 6) is -0.818. The minimum Gasteiger partial charge on any atom is -0.309 e. The molecule has 25 heavy (non-hydrogen) atoms. The van der Waals surface area contributed by atoms with E-state index in [-0.39, 0.29) is 22.5 Å². The Labute approximate surface area is 154 Å². The predicted molar refractivity (Wildman–Crippen MR) is 97.7 cm³/mol. The van der Waals surface area contributed by atoms with E-state index in [2.05, 4.69) is 20.7 Å². The molecule has 0 saturated carbocycles. The topological polar surface area (TPSA) is 66.5 Å². The van der Waals surface area contributed by atoms with Crippen LogP contribution >= 0.6 is 15.9 Å². The fraction of sp³-hybridized carbons (Fsp3) is 0.235. The highest BCUT2D eigenvalue weighted by molar-refractivity contribution is 9.10. The molecule has 8 heteroatoms. The van der Waals surface area contributed by atoms with Crippen LogP contribution in [0.5, 0.6) is 0 Å². The Morgan fingerprint density at radius 2 is 2.00 bits per heavy atom. The van der Waals surface area contributed by atoms with E-state index in [1.54, 1.807) is 11.0 Å². The molecule has 0 bridgehead atoms. The summed E-state index contributed by atoms with van der Waals surface area (Å²) in [5, 5.41) is 0. The lowest BCUT2D eigenvalue weighted by Gasteiger charge is -2.21. The highest BCUT2D eigenvalue weighted by Crippen LogP contribution is 2.38. The van der Waals surface area contributed by atoms with Crippen molar-refractivity contribution in [2.45, 2.75) is 31.2 Å². The van der Waals surface area contributed by atoms with Gasteiger partial charge in [0, 0.05) is 23.1 Å². The Morgan fingerprint density at radius 1 is 1.32 bits per heavy atom. The SMILES string of the molecule is CC(=O)N1c2cc(S(=O)(=O)Nc3ccccc3F)c(Br)cc2CC1C. The molecule has 0 aromatic heterocycles. The van der Waals surface area contributed by atoms with Crippen molar-refractivity contribution in [3.05, 3.63) is 52.3 Å². The Kier molecular flexibility index (Phi) is 4.59. The van der Waals surface area contributed by atoms with Gasteiger partial charge in [-0.1, -0.05) is 12.1 Å². The van der Waals surface area contributed by atoms with Gasteiger partial charge in [0.05, 0.1) is 5.69 Å². The average Bonchev–Trinajstić information content (AvgIpc) is 2.83. The summed E-state index contributed by atoms with van der Waals surface area (Å²) in [6, 6.07) is 8.64. The summed E-state index contributed by atoms with van der Waals surface area (Å²) in [5.41, 5.74) is 1.32. The number of para-hydroxylation sites is 1. The molecular weight excluding hydrogens is 411 g/mol. The van der Waals surface area contributed by atoms with E-state index in [9.17, 15) is 17.6 Å². The van der Waals surface area contributed by atoms with Crippen molar-refractivity contribution in [1.29, 1.82) is 0 Å². The summed E-state index contributed by atoms with van der Waals surface area (Å²) in [6.07, 6.45) is 0.647. The lowest BCUT2D eigenvalue weighted by Crippen LogP contribution is -2.33. The van der Waals surface area contributed by atoms with Crippen LogP contribution in [0.2, 0.25) is 0 Å². The number of nitrogens with one attached hydrogen (secondary N) is 1. The van der Waals surface area contributed by atoms with Gasteiger partial charge in [-0.05, 0) is 59.1 Å². The van der Waals surface area contributed by atoms with Gasteiger partial charge in [0.15, 0.2) is 0 Å². The van der Waals surface area contributed by atoms with E-state index >= 15 is 0 Å². The van der Waals surface area contributed by atoms with Crippen molar-refractivity contribution in [3.8, 4) is 0 Å². The molecule has 0 spiro atoms. The number of anilines is 2. The molecule has 1 amide bonds. The molecule has 0 saturated heterocycles. The minimum atomic E-state index is -4.03. The molecule has 1 N–H and O–H groups in total. The molecule has 0 radical (unpaired) electrons. The van der Waals surface area contributed by atoms with Gasteiger partial charge in [-0.25, -0.2) is 12.8 Å². The molecule has 1 aliphatic rings. The first-order valence-corrected chi connectivity index (χ1v) is 9.88. The number of hydrogen-bond donors (Lipinski definition) is 1. The lowest BCUT2D eigenvalue weighted by atomic mass is 10.1. The number of nitrogens with zero attached hydrogens (tertiary/aromatic N) is 1. The van der Waals surface area contributed by atoms with Gasteiger partial charge in [0.25, 0.3) is 10.0 Å². The number of amides is 1. The molecule has 1 aliphatic heterocycles. The van der Waals surface area contributed by atoms with Crippen molar-refractivity contribution >= 4 is 43.2 Å². The number of fused-ring (bicyclic) bond motifs is 1. The van der Waals surface area contributed by atoms with E-state index in [4.69, 9.17) is 0 Å². The molecular formula is C17H16BrFN2O3S. The van der Waals surface area contributed by atoms with Crippen LogP contribution in [0.1, 0.15) is 19.4 Å². The van der Waals surface area contributed by atoms with E-state index in [1.165, 1.54) is 37.3 Å². The van der Waals surface area contributed by atoms with Gasteiger partial charge < -0.3 is 4.90 Å². The molecule has 132 valence electrons. The van der Waals surface area contributed by atoms with Crippen molar-refractivity contribution in [2.75, 3.05) is 9.62 Å². The molecule has 3 rings (SSSR count). The Balaban J connectivity index is 2.06. The minimum absolute atomic E-state index is 0.0446. The number of sulfonamides is 1. The summed E-state index contributed by atoms with van der Waals surface area (Å²) < 4.78 is 41.8. The van der Waals surface area contributed by atoms with Crippen molar-refractivity contribution < 1.29 is 17.6 Å². The van der Waals surface area contributed by atoms with E-state index < -0.39 is 15.8 Å². The highest BCUT2D eigenvalue weighted by atomic mass is 79.9. The molecule has 1 unspecified atom stereocenters. The van der Waals surface area contributed by atoms with Gasteiger partial charge >= 0.3 is 0 Å². The quantitative estimate of drug-likeness (QED) is 0.813. The Morgan fingerprint density at radius 3 is 2.64 bits per heavy atom. The number of hydrogen-bond acceptors (Lipinski definition) is 3. The van der Waals surface area contributed by atoms with Crippen LogP contribution in [-0.4, -0.2) is 20.4 Å². The maximum Gasteiger partial charge on any atom is 0.263 e. The number of benzene rings is 2. The summed E-state index contributed by atoms with van der Waals surface area (Å²) in [6.45, 7) is 3.35. The lowest BCUT2D eigenvalue weighted by molar-refractivity contribution is -0.116. The molecule has 0 aliphatic carbocycles. The molecule has 5 nitrogen and oxygen atoms in total. The summed E-state index contributed by atoms with van der Waals surface area (Å²) in [7, 11) is -4.03. The van der Waals surface area contributed by atoms with Crippen molar-refractivity contribution in [3.63, 3.8) is 0 Å². The van der Waals surface area contributed by atoms with Crippen molar-refractivity contribution in [1.82, 2.24) is 0 Å². The van der Waals surface area contributed by atoms with Gasteiger partial charge in [0.1, 0.15) is 10.7 Å². The van der Waals surface area contributed by atoms with Crippen LogP contribution in [-0.2, 0) is 21.2 Å². The van der Waals surface area contributed by atoms with E-state index in [0.29, 0.717) is 16.6 Å². The third-order valence-corrected chi connectivity index (χ3v) is 6.42. The number of halogens is 2. The molecule has 0 fully saturated rings. The molecule has 2 aromatic rings. The van der Waals surface area contributed by atoms with Crippen LogP contribution in [0.3, 0.4) is 0 Å². The fourth-order valence-corrected chi connectivity index (χ4v) is 5.23. The third-order valence-electron chi connectivity index (χ3n) is 4.10. The fourth-order valence-electron chi connectivity index (χ4n) is 3.05. The van der Waals surface area contributed by atoms with Crippen molar-refractivity contribution in [2.24, 2.45) is 0 Å². The highest BCUT2D eigenvalue weighted by Gasteiger charge is 2.32. The zero-order valence-electron chi connectivity index (χ0n) is 13.6. The van der Waals surface area contributed by atoms with Crippen LogP contribution in [0.4, 0.5) is 15.8 Å². The second-order valence-corrected chi connectivity index (χ2v) is 8.44. The third kappa shape index (κ3) is 3.28. The van der Waals surface area contributed by atoms with Crippen LogP contribution in [0, 0.1) is 5.82 Å². The maximum atomic E-state index is 13.8. The first kappa shape index (κ1) is 17.9. The Hall–Kier alpha value is -1.93. The van der Waals surface area contributed by atoms with E-state index in [0.717, 1.165) is 5.56 Å². The van der Waals surface area contributed by atoms with Gasteiger partial charge in [-0.15, -0.1) is 0 Å². The molecule has 1 heterocycles. The first-order valence-electron chi connectivity index (χ1n) is 7.60. The van der Waals surface area contributed by atoms with Gasteiger partial charge in [-0.2, -0.15) is 0 Å². The predicted octanol–water partition coefficient (Wildman–Crippen LogP) is 3.69. The first-order chi connectivity index (χ1) is 11.7. The average molecular weight is 427 g/mol. The second-order valence-electron chi connectivity index (χ2n) is 5.94. The maximum absolute atomic E-state index is 13.8. The number of carbonyl (C=O) groups excluding carboxylic acids is 1. The monoisotopic (exact) mass is 426 g/mol.